The summed E-state index contributed by atoms with van der Waals surface area (Å²) >= 11 is 0. The van der Waals surface area contributed by atoms with Crippen molar-refractivity contribution < 1.29 is 14.2 Å². The van der Waals surface area contributed by atoms with Gasteiger partial charge < -0.3 is 14.2 Å². The molecule has 2 bridgehead atoms. The third-order valence-electron chi connectivity index (χ3n) is 6.77. The lowest BCUT2D eigenvalue weighted by molar-refractivity contribution is -0.147. The fourth-order valence-electron chi connectivity index (χ4n) is 5.45. The van der Waals surface area contributed by atoms with E-state index in [4.69, 9.17) is 14.2 Å². The molecule has 152 valence electrons. The smallest absolute Gasteiger partial charge is 0.114 e. The molecule has 29 heavy (non-hydrogen) atoms. The van der Waals surface area contributed by atoms with Crippen molar-refractivity contribution in [2.45, 2.75) is 62.9 Å². The van der Waals surface area contributed by atoms with E-state index in [2.05, 4.69) is 54.6 Å². The van der Waals surface area contributed by atoms with Crippen LogP contribution in [0, 0.1) is 5.92 Å². The van der Waals surface area contributed by atoms with Crippen LogP contribution in [-0.2, 0) is 27.4 Å². The van der Waals surface area contributed by atoms with Gasteiger partial charge in [-0.1, -0.05) is 73.5 Å². The molecule has 3 heteroatoms. The van der Waals surface area contributed by atoms with Crippen LogP contribution in [0.1, 0.15) is 49.7 Å². The first-order valence-electron chi connectivity index (χ1n) is 11.0. The van der Waals surface area contributed by atoms with Crippen LogP contribution in [0.15, 0.2) is 72.5 Å². The highest BCUT2D eigenvalue weighted by Gasteiger charge is 2.58. The van der Waals surface area contributed by atoms with Gasteiger partial charge in [-0.15, -0.1) is 0 Å². The molecule has 0 amide bonds. The van der Waals surface area contributed by atoms with Crippen molar-refractivity contribution in [3.63, 3.8) is 0 Å². The molecule has 2 aliphatic heterocycles. The summed E-state index contributed by atoms with van der Waals surface area (Å²) in [6.07, 6.45) is 9.18. The molecule has 0 radical (unpaired) electrons. The third kappa shape index (κ3) is 3.99. The van der Waals surface area contributed by atoms with E-state index in [1.165, 1.54) is 30.4 Å². The summed E-state index contributed by atoms with van der Waals surface area (Å²) < 4.78 is 19.3. The maximum atomic E-state index is 6.82. The second kappa shape index (κ2) is 7.97. The Hall–Kier alpha value is -2.10. The Kier molecular flexibility index (Phi) is 5.19. The van der Waals surface area contributed by atoms with E-state index in [0.717, 1.165) is 25.0 Å². The first-order chi connectivity index (χ1) is 14.3. The van der Waals surface area contributed by atoms with Gasteiger partial charge in [0.1, 0.15) is 12.2 Å². The number of benzene rings is 2. The fourth-order valence-corrected chi connectivity index (χ4v) is 5.45. The Labute approximate surface area is 173 Å². The van der Waals surface area contributed by atoms with Crippen LogP contribution < -0.4 is 0 Å². The second-order valence-electron chi connectivity index (χ2n) is 8.92. The van der Waals surface area contributed by atoms with Crippen LogP contribution in [-0.4, -0.2) is 17.8 Å². The minimum Gasteiger partial charge on any atom is -0.493 e. The van der Waals surface area contributed by atoms with E-state index in [1.54, 1.807) is 0 Å². The molecule has 1 spiro atoms. The zero-order valence-corrected chi connectivity index (χ0v) is 17.0. The minimum atomic E-state index is -0.339. The molecule has 2 fully saturated rings. The lowest BCUT2D eigenvalue weighted by atomic mass is 9.73. The Bertz CT molecular complexity index is 847. The first kappa shape index (κ1) is 18.9. The molecule has 3 nitrogen and oxygen atoms in total. The summed E-state index contributed by atoms with van der Waals surface area (Å²) in [6.45, 7) is 1.84. The third-order valence-corrected chi connectivity index (χ3v) is 6.77. The molecule has 1 aliphatic carbocycles. The minimum absolute atomic E-state index is 0.0465. The van der Waals surface area contributed by atoms with Crippen LogP contribution in [0.4, 0.5) is 0 Å². The Morgan fingerprint density at radius 2 is 1.62 bits per heavy atom. The number of ether oxygens (including phenoxy) is 3. The Morgan fingerprint density at radius 1 is 0.897 bits per heavy atom. The lowest BCUT2D eigenvalue weighted by Gasteiger charge is -2.42. The average Bonchev–Trinajstić information content (AvgIpc) is 3.00. The number of fused-ring (bicyclic) bond motifs is 1. The molecule has 0 N–H and O–H groups in total. The molecule has 2 aromatic rings. The largest absolute Gasteiger partial charge is 0.493 e. The monoisotopic (exact) mass is 390 g/mol. The van der Waals surface area contributed by atoms with E-state index >= 15 is 0 Å². The quantitative estimate of drug-likeness (QED) is 0.598. The van der Waals surface area contributed by atoms with Crippen molar-refractivity contribution in [2.75, 3.05) is 6.61 Å². The molecule has 1 saturated heterocycles. The second-order valence-corrected chi connectivity index (χ2v) is 8.92. The molecule has 5 rings (SSSR count). The topological polar surface area (TPSA) is 27.7 Å². The molecule has 3 aliphatic rings. The summed E-state index contributed by atoms with van der Waals surface area (Å²) in [7, 11) is 0. The normalized spacial score (nSPS) is 30.5. The van der Waals surface area contributed by atoms with Crippen LogP contribution in [0.3, 0.4) is 0 Å². The predicted molar refractivity (Wildman–Crippen MR) is 113 cm³/mol. The summed E-state index contributed by atoms with van der Waals surface area (Å²) in [5, 5.41) is 0. The highest BCUT2D eigenvalue weighted by Crippen LogP contribution is 2.56. The van der Waals surface area contributed by atoms with E-state index < -0.39 is 0 Å². The van der Waals surface area contributed by atoms with Gasteiger partial charge in [0.25, 0.3) is 0 Å². The molecular weight excluding hydrogens is 360 g/mol. The van der Waals surface area contributed by atoms with Gasteiger partial charge >= 0.3 is 0 Å². The van der Waals surface area contributed by atoms with Gasteiger partial charge in [0.15, 0.2) is 0 Å². The number of hydrogen-bond acceptors (Lipinski definition) is 3. The first-order valence-corrected chi connectivity index (χ1v) is 11.0. The van der Waals surface area contributed by atoms with Crippen molar-refractivity contribution in [1.29, 1.82) is 0 Å². The van der Waals surface area contributed by atoms with Crippen molar-refractivity contribution in [3.05, 3.63) is 83.6 Å². The number of rotatable bonds is 7. The molecular formula is C26H30O3. The molecule has 3 atom stereocenters. The van der Waals surface area contributed by atoms with Gasteiger partial charge in [-0.05, 0) is 42.4 Å². The predicted octanol–water partition coefficient (Wildman–Crippen LogP) is 5.80. The summed E-state index contributed by atoms with van der Waals surface area (Å²) in [5.41, 5.74) is 2.03. The maximum absolute atomic E-state index is 6.82. The molecule has 2 heterocycles. The van der Waals surface area contributed by atoms with E-state index in [1.807, 2.05) is 12.1 Å². The fraction of sp³-hybridized carbons (Fsp3) is 0.462. The van der Waals surface area contributed by atoms with E-state index in [0.29, 0.717) is 25.7 Å². The lowest BCUT2D eigenvalue weighted by Crippen LogP contribution is -2.44. The van der Waals surface area contributed by atoms with Crippen LogP contribution in [0.2, 0.25) is 0 Å². The Balaban J connectivity index is 1.31. The standard InChI is InChI=1S/C26H30O3/c1-3-9-21(10-4-1)18-27-20-25-15-23-13-7-8-14-26(23,29-25)17-24(16-25)28-19-22-11-5-2-6-12-22/h1-6,9-12,16,23H,7-8,13-15,17-20H2. The summed E-state index contributed by atoms with van der Waals surface area (Å²) in [5.74, 6) is 1.71. The van der Waals surface area contributed by atoms with Gasteiger partial charge in [-0.25, -0.2) is 0 Å². The molecule has 1 saturated carbocycles. The number of hydrogen-bond donors (Lipinski definition) is 0. The average molecular weight is 391 g/mol. The summed E-state index contributed by atoms with van der Waals surface area (Å²) in [4.78, 5) is 0. The highest BCUT2D eigenvalue weighted by molar-refractivity contribution is 5.24. The van der Waals surface area contributed by atoms with Crippen LogP contribution >= 0.6 is 0 Å². The van der Waals surface area contributed by atoms with Crippen molar-refractivity contribution in [3.8, 4) is 0 Å². The van der Waals surface area contributed by atoms with Crippen LogP contribution in [0.5, 0.6) is 0 Å². The van der Waals surface area contributed by atoms with Gasteiger partial charge in [-0.3, -0.25) is 0 Å². The zero-order chi connectivity index (χ0) is 19.6. The van der Waals surface area contributed by atoms with E-state index in [-0.39, 0.29) is 11.2 Å². The van der Waals surface area contributed by atoms with Gasteiger partial charge in [0.2, 0.25) is 0 Å². The maximum Gasteiger partial charge on any atom is 0.114 e. The summed E-state index contributed by atoms with van der Waals surface area (Å²) in [6, 6.07) is 20.8. The van der Waals surface area contributed by atoms with Crippen molar-refractivity contribution in [2.24, 2.45) is 5.92 Å². The highest BCUT2D eigenvalue weighted by atomic mass is 16.6. The zero-order valence-electron chi connectivity index (χ0n) is 17.0. The van der Waals surface area contributed by atoms with Crippen molar-refractivity contribution >= 4 is 0 Å². The SMILES string of the molecule is C1=C(OCc2ccccc2)CC23CCCCC2CC1(COCc1ccccc1)O3. The van der Waals surface area contributed by atoms with Crippen molar-refractivity contribution in [1.82, 2.24) is 0 Å². The van der Waals surface area contributed by atoms with Gasteiger partial charge in [-0.2, -0.15) is 0 Å². The Morgan fingerprint density at radius 3 is 2.38 bits per heavy atom. The van der Waals surface area contributed by atoms with Gasteiger partial charge in [0.05, 0.1) is 24.6 Å². The molecule has 0 aromatic heterocycles. The van der Waals surface area contributed by atoms with E-state index in [9.17, 15) is 0 Å². The van der Waals surface area contributed by atoms with Gasteiger partial charge in [0, 0.05) is 6.42 Å². The molecule has 3 unspecified atom stereocenters. The molecule has 2 aromatic carbocycles. The van der Waals surface area contributed by atoms with Crippen LogP contribution in [0.25, 0.3) is 0 Å².